The summed E-state index contributed by atoms with van der Waals surface area (Å²) in [6.45, 7) is 14.2. The first-order chi connectivity index (χ1) is 16.0. The standard InChI is InChI=1S/C27H42O7/c1-8-23-18(2)24(32-19(3)28)25(33-20(4)29)26(34-23)30-16-10-9-11-21-12-14-22(15-13-21)31-17-27(5,6)7/h12-15,18,23-26H,8-11,16-17H2,1-7H3/t18-,23-,24+,25-,26-/m1/s1. The molecule has 5 atom stereocenters. The number of benzene rings is 1. The molecule has 0 bridgehead atoms. The van der Waals surface area contributed by atoms with Crippen molar-refractivity contribution in [2.45, 2.75) is 98.8 Å². The van der Waals surface area contributed by atoms with Gasteiger partial charge >= 0.3 is 11.9 Å². The molecule has 2 rings (SSSR count). The van der Waals surface area contributed by atoms with Crippen LogP contribution in [0.25, 0.3) is 0 Å². The van der Waals surface area contributed by atoms with Gasteiger partial charge in [0.1, 0.15) is 11.9 Å². The molecular formula is C27H42O7. The van der Waals surface area contributed by atoms with Gasteiger partial charge in [0.25, 0.3) is 0 Å². The number of carbonyl (C=O) groups excluding carboxylic acids is 2. The Kier molecular flexibility index (Phi) is 10.8. The number of hydrogen-bond donors (Lipinski definition) is 0. The number of carbonyl (C=O) groups is 2. The number of esters is 2. The fourth-order valence-electron chi connectivity index (χ4n) is 4.00. The van der Waals surface area contributed by atoms with E-state index in [2.05, 4.69) is 32.9 Å². The van der Waals surface area contributed by atoms with Crippen LogP contribution in [0.2, 0.25) is 0 Å². The molecule has 1 aliphatic rings. The molecule has 0 unspecified atom stereocenters. The van der Waals surface area contributed by atoms with E-state index in [1.807, 2.05) is 26.0 Å². The SMILES string of the molecule is CC[C@H]1O[C@@H](OCCCCc2ccc(OCC(C)(C)C)cc2)[C@H](OC(C)=O)[C@@H](OC(C)=O)[C@@H]1C. The number of ether oxygens (including phenoxy) is 5. The molecule has 34 heavy (non-hydrogen) atoms. The van der Waals surface area contributed by atoms with Gasteiger partial charge in [-0.1, -0.05) is 46.8 Å². The van der Waals surface area contributed by atoms with Gasteiger partial charge in [0.2, 0.25) is 0 Å². The maximum Gasteiger partial charge on any atom is 0.303 e. The van der Waals surface area contributed by atoms with Crippen LogP contribution in [0, 0.1) is 11.3 Å². The zero-order valence-corrected chi connectivity index (χ0v) is 21.8. The minimum atomic E-state index is -0.792. The molecule has 1 heterocycles. The first-order valence-electron chi connectivity index (χ1n) is 12.3. The highest BCUT2D eigenvalue weighted by Crippen LogP contribution is 2.32. The molecule has 1 aliphatic heterocycles. The van der Waals surface area contributed by atoms with Crippen LogP contribution < -0.4 is 4.74 Å². The molecule has 7 nitrogen and oxygen atoms in total. The van der Waals surface area contributed by atoms with Gasteiger partial charge in [0, 0.05) is 26.4 Å². The van der Waals surface area contributed by atoms with Gasteiger partial charge in [0.15, 0.2) is 12.4 Å². The highest BCUT2D eigenvalue weighted by molar-refractivity contribution is 5.67. The van der Waals surface area contributed by atoms with Crippen molar-refractivity contribution >= 4 is 11.9 Å². The lowest BCUT2D eigenvalue weighted by atomic mass is 9.89. The Labute approximate surface area is 204 Å². The third kappa shape index (κ3) is 9.26. The van der Waals surface area contributed by atoms with Crippen LogP contribution in [-0.2, 0) is 35.0 Å². The van der Waals surface area contributed by atoms with Crippen molar-refractivity contribution in [1.82, 2.24) is 0 Å². The normalized spacial score (nSPS) is 25.0. The second kappa shape index (κ2) is 13.1. The van der Waals surface area contributed by atoms with Gasteiger partial charge in [-0.25, -0.2) is 0 Å². The van der Waals surface area contributed by atoms with Crippen molar-refractivity contribution in [3.05, 3.63) is 29.8 Å². The average Bonchev–Trinajstić information content (AvgIpc) is 2.75. The molecular weight excluding hydrogens is 436 g/mol. The lowest BCUT2D eigenvalue weighted by Crippen LogP contribution is -2.57. The molecule has 0 spiro atoms. The quantitative estimate of drug-likeness (QED) is 0.324. The molecule has 0 aliphatic carbocycles. The van der Waals surface area contributed by atoms with Gasteiger partial charge in [0.05, 0.1) is 12.7 Å². The maximum absolute atomic E-state index is 11.7. The first kappa shape index (κ1) is 28.1. The molecule has 0 N–H and O–H groups in total. The predicted octanol–water partition coefficient (Wildman–Crippen LogP) is 5.09. The Morgan fingerprint density at radius 2 is 1.59 bits per heavy atom. The summed E-state index contributed by atoms with van der Waals surface area (Å²) in [5.74, 6) is -0.112. The van der Waals surface area contributed by atoms with Crippen LogP contribution in [0.5, 0.6) is 5.75 Å². The highest BCUT2D eigenvalue weighted by Gasteiger charge is 2.47. The van der Waals surface area contributed by atoms with Crippen molar-refractivity contribution in [3.8, 4) is 5.75 Å². The molecule has 1 aromatic carbocycles. The van der Waals surface area contributed by atoms with Crippen molar-refractivity contribution in [2.75, 3.05) is 13.2 Å². The van der Waals surface area contributed by atoms with E-state index in [9.17, 15) is 9.59 Å². The van der Waals surface area contributed by atoms with Gasteiger partial charge in [-0.3, -0.25) is 9.59 Å². The third-order valence-electron chi connectivity index (χ3n) is 5.75. The second-order valence-electron chi connectivity index (χ2n) is 10.3. The monoisotopic (exact) mass is 478 g/mol. The lowest BCUT2D eigenvalue weighted by molar-refractivity contribution is -0.290. The van der Waals surface area contributed by atoms with E-state index in [0.717, 1.165) is 31.4 Å². The topological polar surface area (TPSA) is 80.3 Å². The lowest BCUT2D eigenvalue weighted by Gasteiger charge is -2.43. The van der Waals surface area contributed by atoms with Gasteiger partial charge in [-0.05, 0) is 48.8 Å². The minimum Gasteiger partial charge on any atom is -0.493 e. The van der Waals surface area contributed by atoms with Gasteiger partial charge in [-0.15, -0.1) is 0 Å². The van der Waals surface area contributed by atoms with E-state index >= 15 is 0 Å². The first-order valence-corrected chi connectivity index (χ1v) is 12.3. The number of aryl methyl sites for hydroxylation is 1. The van der Waals surface area contributed by atoms with Gasteiger partial charge < -0.3 is 23.7 Å². The largest absolute Gasteiger partial charge is 0.493 e. The number of unbranched alkanes of at least 4 members (excludes halogenated alkanes) is 1. The zero-order valence-electron chi connectivity index (χ0n) is 21.8. The Morgan fingerprint density at radius 3 is 2.15 bits per heavy atom. The fraction of sp³-hybridized carbons (Fsp3) is 0.704. The summed E-state index contributed by atoms with van der Waals surface area (Å²) in [5.41, 5.74) is 1.37. The van der Waals surface area contributed by atoms with Crippen molar-refractivity contribution in [3.63, 3.8) is 0 Å². The summed E-state index contributed by atoms with van der Waals surface area (Å²) in [6.07, 6.45) is 1.10. The van der Waals surface area contributed by atoms with Crippen molar-refractivity contribution < 1.29 is 33.3 Å². The molecule has 7 heteroatoms. The molecule has 0 saturated carbocycles. The predicted molar refractivity (Wildman–Crippen MR) is 130 cm³/mol. The van der Waals surface area contributed by atoms with Gasteiger partial charge in [-0.2, -0.15) is 0 Å². The van der Waals surface area contributed by atoms with E-state index in [1.54, 1.807) is 0 Å². The molecule has 0 aromatic heterocycles. The minimum absolute atomic E-state index is 0.117. The zero-order chi connectivity index (χ0) is 25.3. The average molecular weight is 479 g/mol. The number of hydrogen-bond acceptors (Lipinski definition) is 7. The fourth-order valence-corrected chi connectivity index (χ4v) is 4.00. The summed E-state index contributed by atoms with van der Waals surface area (Å²) in [7, 11) is 0. The highest BCUT2D eigenvalue weighted by atomic mass is 16.7. The van der Waals surface area contributed by atoms with Crippen LogP contribution in [0.1, 0.15) is 73.3 Å². The summed E-state index contributed by atoms with van der Waals surface area (Å²) in [5, 5.41) is 0. The second-order valence-corrected chi connectivity index (χ2v) is 10.3. The van der Waals surface area contributed by atoms with E-state index in [0.29, 0.717) is 13.2 Å². The molecule has 0 amide bonds. The van der Waals surface area contributed by atoms with Crippen LogP contribution in [-0.4, -0.2) is 49.8 Å². The molecule has 1 saturated heterocycles. The maximum atomic E-state index is 11.7. The van der Waals surface area contributed by atoms with E-state index in [-0.39, 0.29) is 17.4 Å². The van der Waals surface area contributed by atoms with E-state index in [4.69, 9.17) is 23.7 Å². The molecule has 1 fully saturated rings. The molecule has 1 aromatic rings. The Balaban J connectivity index is 1.86. The van der Waals surface area contributed by atoms with Crippen LogP contribution >= 0.6 is 0 Å². The number of rotatable bonds is 11. The molecule has 0 radical (unpaired) electrons. The smallest absolute Gasteiger partial charge is 0.303 e. The summed E-state index contributed by atoms with van der Waals surface area (Å²) < 4.78 is 28.9. The summed E-state index contributed by atoms with van der Waals surface area (Å²) in [4.78, 5) is 23.4. The van der Waals surface area contributed by atoms with E-state index < -0.39 is 30.4 Å². The third-order valence-corrected chi connectivity index (χ3v) is 5.75. The Morgan fingerprint density at radius 1 is 0.971 bits per heavy atom. The molecule has 192 valence electrons. The van der Waals surface area contributed by atoms with Crippen LogP contribution in [0.15, 0.2) is 24.3 Å². The summed E-state index contributed by atoms with van der Waals surface area (Å²) >= 11 is 0. The van der Waals surface area contributed by atoms with Crippen molar-refractivity contribution in [2.24, 2.45) is 11.3 Å². The Hall–Kier alpha value is -2.12. The van der Waals surface area contributed by atoms with Crippen LogP contribution in [0.4, 0.5) is 0 Å². The van der Waals surface area contributed by atoms with Crippen molar-refractivity contribution in [1.29, 1.82) is 0 Å². The summed E-state index contributed by atoms with van der Waals surface area (Å²) in [6, 6.07) is 8.21. The van der Waals surface area contributed by atoms with Crippen LogP contribution in [0.3, 0.4) is 0 Å². The Bertz CT molecular complexity index is 768. The van der Waals surface area contributed by atoms with E-state index in [1.165, 1.54) is 19.4 Å².